The van der Waals surface area contributed by atoms with Gasteiger partial charge in [-0.1, -0.05) is 11.6 Å². The van der Waals surface area contributed by atoms with E-state index in [1.165, 1.54) is 29.0 Å². The van der Waals surface area contributed by atoms with Crippen LogP contribution < -0.4 is 5.32 Å². The van der Waals surface area contributed by atoms with Gasteiger partial charge in [0.05, 0.1) is 17.3 Å². The molecule has 2 aliphatic rings. The van der Waals surface area contributed by atoms with E-state index in [0.717, 1.165) is 11.8 Å². The quantitative estimate of drug-likeness (QED) is 0.751. The summed E-state index contributed by atoms with van der Waals surface area (Å²) in [5.41, 5.74) is 2.02. The third kappa shape index (κ3) is 3.47. The highest BCUT2D eigenvalue weighted by Crippen LogP contribution is 2.27. The lowest BCUT2D eigenvalue weighted by atomic mass is 10.0. The Balaban J connectivity index is 1.56. The number of carbonyl (C=O) groups excluding carboxylic acids is 2. The zero-order chi connectivity index (χ0) is 21.6. The lowest BCUT2D eigenvalue weighted by Crippen LogP contribution is -2.42. The highest BCUT2D eigenvalue weighted by Gasteiger charge is 2.37. The maximum absolute atomic E-state index is 13.3. The fourth-order valence-electron chi connectivity index (χ4n) is 3.81. The van der Waals surface area contributed by atoms with E-state index in [1.54, 1.807) is 4.68 Å². The number of anilines is 1. The van der Waals surface area contributed by atoms with Crippen LogP contribution in [0.15, 0.2) is 18.2 Å². The Hall–Kier alpha value is -3.14. The number of urea groups is 1. The number of amides is 3. The average Bonchev–Trinajstić information content (AvgIpc) is 3.01. The molecule has 3 heterocycles. The minimum absolute atomic E-state index is 0.0997. The Morgan fingerprint density at radius 2 is 2.10 bits per heavy atom. The van der Waals surface area contributed by atoms with Crippen molar-refractivity contribution in [2.75, 3.05) is 18.9 Å². The Morgan fingerprint density at radius 3 is 2.80 bits per heavy atom. The standard InChI is InChI=1S/C19H19ClFN5O4/c1-24-15(18(28)29)5-7-26-16(17(24)27)11-9-25(6-4-14(11)23-26)19(30)22-10-2-3-13(21)12(20)8-10/h2-3,8,15H,4-7,9H2,1H3,(H,22,30)(H,28,29). The van der Waals surface area contributed by atoms with Crippen LogP contribution in [0.1, 0.15) is 28.2 Å². The van der Waals surface area contributed by atoms with Gasteiger partial charge in [0.15, 0.2) is 0 Å². The number of halogens is 2. The second-order valence-electron chi connectivity index (χ2n) is 7.29. The van der Waals surface area contributed by atoms with Crippen molar-refractivity contribution in [3.8, 4) is 0 Å². The molecule has 4 rings (SSSR count). The van der Waals surface area contributed by atoms with Crippen LogP contribution in [-0.2, 0) is 24.3 Å². The Kier molecular flexibility index (Phi) is 5.10. The Labute approximate surface area is 176 Å². The number of aryl methyl sites for hydroxylation is 1. The summed E-state index contributed by atoms with van der Waals surface area (Å²) >= 11 is 5.76. The predicted molar refractivity (Wildman–Crippen MR) is 105 cm³/mol. The molecule has 1 aromatic heterocycles. The van der Waals surface area contributed by atoms with E-state index >= 15 is 0 Å². The van der Waals surface area contributed by atoms with Gasteiger partial charge in [0, 0.05) is 37.8 Å². The number of carboxylic acids is 1. The first-order valence-corrected chi connectivity index (χ1v) is 9.73. The molecular formula is C19H19ClFN5O4. The molecule has 1 aromatic carbocycles. The second kappa shape index (κ2) is 7.60. The molecule has 1 unspecified atom stereocenters. The lowest BCUT2D eigenvalue weighted by Gasteiger charge is -2.28. The molecule has 0 fully saturated rings. The minimum Gasteiger partial charge on any atom is -0.480 e. The number of hydrogen-bond donors (Lipinski definition) is 2. The lowest BCUT2D eigenvalue weighted by molar-refractivity contribution is -0.142. The number of benzene rings is 1. The van der Waals surface area contributed by atoms with Gasteiger partial charge in [-0.2, -0.15) is 5.10 Å². The Morgan fingerprint density at radius 1 is 1.33 bits per heavy atom. The van der Waals surface area contributed by atoms with E-state index in [2.05, 4.69) is 10.4 Å². The predicted octanol–water partition coefficient (Wildman–Crippen LogP) is 2.19. The molecule has 0 spiro atoms. The molecule has 30 heavy (non-hydrogen) atoms. The SMILES string of the molecule is CN1C(=O)c2c3c(nn2CCC1C(=O)O)CCN(C(=O)Nc1ccc(F)c(Cl)c1)C3. The summed E-state index contributed by atoms with van der Waals surface area (Å²) in [6.45, 7) is 0.852. The molecule has 0 radical (unpaired) electrons. The van der Waals surface area contributed by atoms with Crippen molar-refractivity contribution in [3.63, 3.8) is 0 Å². The van der Waals surface area contributed by atoms with Crippen molar-refractivity contribution in [1.82, 2.24) is 19.6 Å². The van der Waals surface area contributed by atoms with Crippen LogP contribution in [0.25, 0.3) is 0 Å². The fourth-order valence-corrected chi connectivity index (χ4v) is 3.99. The summed E-state index contributed by atoms with van der Waals surface area (Å²) in [7, 11) is 1.46. The summed E-state index contributed by atoms with van der Waals surface area (Å²) < 4.78 is 14.9. The molecule has 158 valence electrons. The number of nitrogens with zero attached hydrogens (tertiary/aromatic N) is 4. The van der Waals surface area contributed by atoms with Gasteiger partial charge in [-0.05, 0) is 24.6 Å². The topological polar surface area (TPSA) is 108 Å². The largest absolute Gasteiger partial charge is 0.480 e. The number of nitrogens with one attached hydrogen (secondary N) is 1. The summed E-state index contributed by atoms with van der Waals surface area (Å²) in [6, 6.07) is 2.55. The molecule has 0 bridgehead atoms. The number of fused-ring (bicyclic) bond motifs is 3. The molecule has 2 aliphatic heterocycles. The number of carbonyl (C=O) groups is 3. The smallest absolute Gasteiger partial charge is 0.326 e. The first-order valence-electron chi connectivity index (χ1n) is 9.35. The molecule has 2 N–H and O–H groups in total. The molecule has 9 nitrogen and oxygen atoms in total. The molecule has 11 heteroatoms. The summed E-state index contributed by atoms with van der Waals surface area (Å²) in [5, 5.41) is 16.4. The van der Waals surface area contributed by atoms with Gasteiger partial charge in [-0.15, -0.1) is 0 Å². The van der Waals surface area contributed by atoms with E-state index in [9.17, 15) is 23.9 Å². The highest BCUT2D eigenvalue weighted by molar-refractivity contribution is 6.31. The van der Waals surface area contributed by atoms with Gasteiger partial charge >= 0.3 is 12.0 Å². The average molecular weight is 436 g/mol. The Bertz CT molecular complexity index is 1060. The zero-order valence-corrected chi connectivity index (χ0v) is 16.8. The van der Waals surface area contributed by atoms with Crippen LogP contribution in [0, 0.1) is 5.82 Å². The molecule has 3 amide bonds. The van der Waals surface area contributed by atoms with Gasteiger partial charge in [-0.25, -0.2) is 14.0 Å². The second-order valence-corrected chi connectivity index (χ2v) is 7.69. The first-order chi connectivity index (χ1) is 14.3. The van der Waals surface area contributed by atoms with E-state index in [4.69, 9.17) is 11.6 Å². The van der Waals surface area contributed by atoms with E-state index in [0.29, 0.717) is 36.5 Å². The highest BCUT2D eigenvalue weighted by atomic mass is 35.5. The van der Waals surface area contributed by atoms with Crippen LogP contribution >= 0.6 is 11.6 Å². The van der Waals surface area contributed by atoms with Crippen molar-refractivity contribution in [3.05, 3.63) is 46.0 Å². The van der Waals surface area contributed by atoms with Crippen molar-refractivity contribution < 1.29 is 23.9 Å². The van der Waals surface area contributed by atoms with Gasteiger partial charge in [0.2, 0.25) is 0 Å². The van der Waals surface area contributed by atoms with Crippen LogP contribution in [0.4, 0.5) is 14.9 Å². The maximum atomic E-state index is 13.3. The number of carboxylic acid groups (broad SMARTS) is 1. The monoisotopic (exact) mass is 435 g/mol. The van der Waals surface area contributed by atoms with Crippen molar-refractivity contribution in [2.45, 2.75) is 32.0 Å². The normalized spacial score (nSPS) is 18.5. The number of rotatable bonds is 2. The number of aromatic nitrogens is 2. The zero-order valence-electron chi connectivity index (χ0n) is 16.1. The minimum atomic E-state index is -1.07. The number of aliphatic carboxylic acids is 1. The van der Waals surface area contributed by atoms with Gasteiger partial charge < -0.3 is 20.2 Å². The molecule has 0 saturated carbocycles. The van der Waals surface area contributed by atoms with Crippen molar-refractivity contribution in [1.29, 1.82) is 0 Å². The fraction of sp³-hybridized carbons (Fsp3) is 0.368. The van der Waals surface area contributed by atoms with E-state index < -0.39 is 29.8 Å². The van der Waals surface area contributed by atoms with Crippen LogP contribution in [0.2, 0.25) is 5.02 Å². The number of likely N-dealkylation sites (N-methyl/N-ethyl adjacent to an activating group) is 1. The summed E-state index contributed by atoms with van der Waals surface area (Å²) in [6.07, 6.45) is 0.715. The van der Waals surface area contributed by atoms with Crippen LogP contribution in [0.3, 0.4) is 0 Å². The van der Waals surface area contributed by atoms with Gasteiger partial charge in [-0.3, -0.25) is 9.48 Å². The summed E-state index contributed by atoms with van der Waals surface area (Å²) in [5.74, 6) is -2.08. The van der Waals surface area contributed by atoms with E-state index in [-0.39, 0.29) is 18.0 Å². The molecule has 2 aromatic rings. The van der Waals surface area contributed by atoms with Gasteiger partial charge in [0.25, 0.3) is 5.91 Å². The molecule has 1 atom stereocenters. The molecule has 0 aliphatic carbocycles. The first kappa shape index (κ1) is 20.1. The van der Waals surface area contributed by atoms with Crippen molar-refractivity contribution in [2.24, 2.45) is 0 Å². The summed E-state index contributed by atoms with van der Waals surface area (Å²) in [4.78, 5) is 39.9. The maximum Gasteiger partial charge on any atom is 0.326 e. The van der Waals surface area contributed by atoms with Gasteiger partial charge in [0.1, 0.15) is 17.6 Å². The third-order valence-electron chi connectivity index (χ3n) is 5.45. The van der Waals surface area contributed by atoms with E-state index in [1.807, 2.05) is 0 Å². The third-order valence-corrected chi connectivity index (χ3v) is 5.74. The van der Waals surface area contributed by atoms with Crippen LogP contribution in [0.5, 0.6) is 0 Å². The van der Waals surface area contributed by atoms with Crippen LogP contribution in [-0.4, -0.2) is 62.2 Å². The molecule has 0 saturated heterocycles. The number of hydrogen-bond acceptors (Lipinski definition) is 4. The molecular weight excluding hydrogens is 417 g/mol. The van der Waals surface area contributed by atoms with Crippen molar-refractivity contribution >= 4 is 35.2 Å².